The minimum Gasteiger partial charge on any atom is -0.348 e. The van der Waals surface area contributed by atoms with Crippen LogP contribution in [-0.4, -0.2) is 59.0 Å². The lowest BCUT2D eigenvalue weighted by Crippen LogP contribution is -2.47. The van der Waals surface area contributed by atoms with E-state index in [-0.39, 0.29) is 59.2 Å². The third kappa shape index (κ3) is 5.78. The number of hydrogen-bond acceptors (Lipinski definition) is 6. The lowest BCUT2D eigenvalue weighted by molar-refractivity contribution is -0.137. The van der Waals surface area contributed by atoms with Gasteiger partial charge < -0.3 is 14.6 Å². The van der Waals surface area contributed by atoms with Crippen LogP contribution in [0.2, 0.25) is 0 Å². The smallest absolute Gasteiger partial charge is 0.348 e. The maximum absolute atomic E-state index is 14.8. The lowest BCUT2D eigenvalue weighted by atomic mass is 9.95. The minimum atomic E-state index is -4.96. The number of halogens is 7. The molecule has 1 fully saturated rings. The third-order valence-electron chi connectivity index (χ3n) is 6.56. The Morgan fingerprint density at radius 3 is 2.43 bits per heavy atom. The Morgan fingerprint density at radius 1 is 1.10 bits per heavy atom. The zero-order valence-electron chi connectivity index (χ0n) is 21.6. The fourth-order valence-corrected chi connectivity index (χ4v) is 6.06. The average Bonchev–Trinajstić information content (AvgIpc) is 2.94. The van der Waals surface area contributed by atoms with Gasteiger partial charge in [0.2, 0.25) is 0 Å². The topological polar surface area (TPSA) is 75.5 Å². The molecule has 0 aliphatic carbocycles. The van der Waals surface area contributed by atoms with Gasteiger partial charge in [-0.1, -0.05) is 6.58 Å². The SMILES string of the molecule is C=C1CN(c2nc(=O)n3c4c(c(-c5ccc(F)cc5F)c(C(F)(F)F)cc24)SCC3)CCN1C(=O)/C=C/C(F)F.C=O. The molecule has 2 aliphatic heterocycles. The van der Waals surface area contributed by atoms with Gasteiger partial charge in [-0.05, 0) is 24.3 Å². The van der Waals surface area contributed by atoms with E-state index in [1.54, 1.807) is 0 Å². The van der Waals surface area contributed by atoms with Crippen LogP contribution in [0.3, 0.4) is 0 Å². The van der Waals surface area contributed by atoms with Crippen molar-refractivity contribution in [1.82, 2.24) is 14.5 Å². The van der Waals surface area contributed by atoms with Gasteiger partial charge in [0.1, 0.15) is 24.2 Å². The van der Waals surface area contributed by atoms with Gasteiger partial charge in [0.05, 0.1) is 17.6 Å². The zero-order chi connectivity index (χ0) is 30.9. The molecule has 0 N–H and O–H groups in total. The summed E-state index contributed by atoms with van der Waals surface area (Å²) in [6.45, 7) is 5.76. The number of benzene rings is 2. The standard InChI is InChI=1S/C26H19F7N4O2S.CH2O/c1-13-12-35(6-7-36(13)20(38)5-4-19(29)30)24-16-11-17(26(31,32)33)21(15-3-2-14(27)10-18(15)28)23-22(16)37(8-9-40-23)25(39)34-24;1-2/h2-5,10-11,19H,1,6-9,12H2;1H2/b5-4+;. The molecule has 1 amide bonds. The first kappa shape index (κ1) is 30.8. The molecule has 0 radical (unpaired) electrons. The summed E-state index contributed by atoms with van der Waals surface area (Å²) in [6, 6.07) is 3.08. The molecule has 0 unspecified atom stereocenters. The number of hydrogen-bond donors (Lipinski definition) is 0. The molecule has 3 aromatic rings. The van der Waals surface area contributed by atoms with Crippen LogP contribution in [-0.2, 0) is 22.3 Å². The van der Waals surface area contributed by atoms with E-state index in [0.29, 0.717) is 18.2 Å². The van der Waals surface area contributed by atoms with E-state index in [9.17, 15) is 40.3 Å². The fourth-order valence-electron chi connectivity index (χ4n) is 4.86. The summed E-state index contributed by atoms with van der Waals surface area (Å²) in [4.78, 5) is 40.1. The van der Waals surface area contributed by atoms with E-state index in [1.807, 2.05) is 6.79 Å². The third-order valence-corrected chi connectivity index (χ3v) is 7.64. The molecule has 42 heavy (non-hydrogen) atoms. The van der Waals surface area contributed by atoms with Crippen LogP contribution >= 0.6 is 11.8 Å². The Kier molecular flexibility index (Phi) is 8.80. The summed E-state index contributed by atoms with van der Waals surface area (Å²) in [7, 11) is 0. The van der Waals surface area contributed by atoms with Crippen molar-refractivity contribution in [1.29, 1.82) is 0 Å². The van der Waals surface area contributed by atoms with Crippen molar-refractivity contribution in [2.24, 2.45) is 0 Å². The maximum atomic E-state index is 14.8. The highest BCUT2D eigenvalue weighted by Gasteiger charge is 2.39. The molecule has 0 bridgehead atoms. The predicted molar refractivity (Wildman–Crippen MR) is 142 cm³/mol. The number of rotatable bonds is 4. The Labute approximate surface area is 237 Å². The van der Waals surface area contributed by atoms with Crippen molar-refractivity contribution >= 4 is 41.2 Å². The quantitative estimate of drug-likeness (QED) is 0.295. The zero-order valence-corrected chi connectivity index (χ0v) is 22.4. The normalized spacial score (nSPS) is 15.4. The number of allylic oxidation sites excluding steroid dienone is 1. The number of alkyl halides is 5. The number of piperazine rings is 1. The van der Waals surface area contributed by atoms with Crippen LogP contribution in [0.1, 0.15) is 5.56 Å². The molecule has 1 saturated heterocycles. The van der Waals surface area contributed by atoms with Crippen LogP contribution in [0, 0.1) is 11.6 Å². The summed E-state index contributed by atoms with van der Waals surface area (Å²) in [5.74, 6) is -2.76. The second-order valence-corrected chi connectivity index (χ2v) is 10.1. The summed E-state index contributed by atoms with van der Waals surface area (Å²) in [5.41, 5.74) is -2.60. The second kappa shape index (κ2) is 12.0. The Hall–Kier alpha value is -4.14. The van der Waals surface area contributed by atoms with Crippen molar-refractivity contribution in [3.8, 4) is 11.1 Å². The molecule has 7 nitrogen and oxygen atoms in total. The predicted octanol–water partition coefficient (Wildman–Crippen LogP) is 5.26. The number of carbonyl (C=O) groups excluding carboxylic acids is 2. The van der Waals surface area contributed by atoms with Crippen LogP contribution in [0.4, 0.5) is 36.6 Å². The average molecular weight is 615 g/mol. The highest BCUT2D eigenvalue weighted by Crippen LogP contribution is 2.49. The monoisotopic (exact) mass is 614 g/mol. The van der Waals surface area contributed by atoms with E-state index >= 15 is 0 Å². The molecule has 15 heteroatoms. The number of carbonyl (C=O) groups is 2. The number of aromatic nitrogens is 2. The van der Waals surface area contributed by atoms with Crippen molar-refractivity contribution in [3.05, 3.63) is 76.4 Å². The molecule has 2 aromatic carbocycles. The highest BCUT2D eigenvalue weighted by molar-refractivity contribution is 7.99. The molecule has 5 rings (SSSR count). The van der Waals surface area contributed by atoms with Crippen molar-refractivity contribution < 1.29 is 40.3 Å². The molecule has 2 aliphatic rings. The van der Waals surface area contributed by atoms with Gasteiger partial charge in [-0.2, -0.15) is 18.2 Å². The minimum absolute atomic E-state index is 0.00658. The van der Waals surface area contributed by atoms with Gasteiger partial charge in [-0.3, -0.25) is 9.36 Å². The molecule has 0 atom stereocenters. The molecular formula is C27H21F7N4O3S. The Balaban J connectivity index is 0.00000198. The van der Waals surface area contributed by atoms with Gasteiger partial charge in [-0.15, -0.1) is 11.8 Å². The van der Waals surface area contributed by atoms with Gasteiger partial charge in [-0.25, -0.2) is 22.4 Å². The molecular weight excluding hydrogens is 593 g/mol. The Bertz CT molecular complexity index is 1660. The van der Waals surface area contributed by atoms with Crippen LogP contribution in [0.15, 0.2) is 58.4 Å². The van der Waals surface area contributed by atoms with E-state index in [0.717, 1.165) is 34.9 Å². The largest absolute Gasteiger partial charge is 0.417 e. The lowest BCUT2D eigenvalue weighted by Gasteiger charge is -2.37. The van der Waals surface area contributed by atoms with Gasteiger partial charge in [0, 0.05) is 64.6 Å². The molecule has 222 valence electrons. The summed E-state index contributed by atoms with van der Waals surface area (Å²) in [5, 5.41) is -0.0226. The number of amides is 1. The van der Waals surface area contributed by atoms with E-state index < -0.39 is 52.5 Å². The summed E-state index contributed by atoms with van der Waals surface area (Å²) in [6.07, 6.45) is -6.65. The van der Waals surface area contributed by atoms with Crippen LogP contribution in [0.25, 0.3) is 22.0 Å². The van der Waals surface area contributed by atoms with Crippen molar-refractivity contribution in [2.45, 2.75) is 24.0 Å². The number of anilines is 1. The van der Waals surface area contributed by atoms with Crippen LogP contribution < -0.4 is 10.6 Å². The highest BCUT2D eigenvalue weighted by atomic mass is 32.2. The number of aryl methyl sites for hydroxylation is 1. The van der Waals surface area contributed by atoms with E-state index in [4.69, 9.17) is 4.79 Å². The first-order chi connectivity index (χ1) is 19.9. The first-order valence-electron chi connectivity index (χ1n) is 12.1. The first-order valence-corrected chi connectivity index (χ1v) is 13.1. The fraction of sp³-hybridized carbons (Fsp3) is 0.259. The van der Waals surface area contributed by atoms with E-state index in [2.05, 4.69) is 11.6 Å². The Morgan fingerprint density at radius 2 is 1.81 bits per heavy atom. The van der Waals surface area contributed by atoms with E-state index in [1.165, 1.54) is 9.47 Å². The van der Waals surface area contributed by atoms with Gasteiger partial charge in [0.15, 0.2) is 0 Å². The van der Waals surface area contributed by atoms with Gasteiger partial charge >= 0.3 is 11.9 Å². The molecule has 1 aromatic heterocycles. The van der Waals surface area contributed by atoms with Crippen molar-refractivity contribution in [2.75, 3.05) is 30.3 Å². The number of thioether (sulfide) groups is 1. The summed E-state index contributed by atoms with van der Waals surface area (Å²) >= 11 is 1.02. The molecule has 0 saturated carbocycles. The van der Waals surface area contributed by atoms with Crippen molar-refractivity contribution in [3.63, 3.8) is 0 Å². The number of nitrogens with zero attached hydrogens (tertiary/aromatic N) is 4. The molecule has 0 spiro atoms. The second-order valence-electron chi connectivity index (χ2n) is 9.04. The molecule has 3 heterocycles. The van der Waals surface area contributed by atoms with Crippen LogP contribution in [0.5, 0.6) is 0 Å². The summed E-state index contributed by atoms with van der Waals surface area (Å²) < 4.78 is 98.0. The maximum Gasteiger partial charge on any atom is 0.417 e. The van der Waals surface area contributed by atoms with Gasteiger partial charge in [0.25, 0.3) is 12.3 Å².